The molecule has 10 heavy (non-hydrogen) atoms. The summed E-state index contributed by atoms with van der Waals surface area (Å²) in [6.07, 6.45) is 2.79. The summed E-state index contributed by atoms with van der Waals surface area (Å²) in [4.78, 5) is 0. The predicted octanol–water partition coefficient (Wildman–Crippen LogP) is 3.07. The van der Waals surface area contributed by atoms with Gasteiger partial charge in [0.25, 0.3) is 0 Å². The fourth-order valence-electron chi connectivity index (χ4n) is 0.787. The van der Waals surface area contributed by atoms with E-state index in [2.05, 4.69) is 6.58 Å². The molecule has 0 aliphatic rings. The number of benzene rings is 1. The van der Waals surface area contributed by atoms with Crippen LogP contribution in [0.25, 0.3) is 0 Å². The van der Waals surface area contributed by atoms with Crippen molar-refractivity contribution in [2.24, 2.45) is 0 Å². The largest absolute Gasteiger partial charge is 0.103 e. The summed E-state index contributed by atoms with van der Waals surface area (Å²) in [5.74, 6) is 0. The van der Waals surface area contributed by atoms with Gasteiger partial charge in [-0.05, 0) is 24.1 Å². The molecule has 0 heterocycles. The van der Waals surface area contributed by atoms with Crippen molar-refractivity contribution in [2.75, 3.05) is 0 Å². The summed E-state index contributed by atoms with van der Waals surface area (Å²) < 4.78 is 0. The molecular formula is C9H9Cl. The second-order valence-electron chi connectivity index (χ2n) is 2.12. The highest BCUT2D eigenvalue weighted by atomic mass is 35.5. The van der Waals surface area contributed by atoms with E-state index >= 15 is 0 Å². The van der Waals surface area contributed by atoms with Gasteiger partial charge in [0.05, 0.1) is 0 Å². The molecule has 0 aliphatic heterocycles. The zero-order valence-electron chi connectivity index (χ0n) is 5.68. The van der Waals surface area contributed by atoms with Gasteiger partial charge in [0, 0.05) is 5.02 Å². The van der Waals surface area contributed by atoms with E-state index in [-0.39, 0.29) is 0 Å². The lowest BCUT2D eigenvalue weighted by atomic mass is 10.2. The van der Waals surface area contributed by atoms with E-state index in [0.717, 1.165) is 11.4 Å². The van der Waals surface area contributed by atoms with Gasteiger partial charge in [0.2, 0.25) is 0 Å². The Balaban J connectivity index is 2.78. The summed E-state index contributed by atoms with van der Waals surface area (Å²) in [7, 11) is 0. The van der Waals surface area contributed by atoms with E-state index in [0.29, 0.717) is 0 Å². The Morgan fingerprint density at radius 2 is 1.90 bits per heavy atom. The number of hydrogen-bond donors (Lipinski definition) is 0. The molecule has 0 saturated carbocycles. The molecule has 52 valence electrons. The average molecular weight is 153 g/mol. The van der Waals surface area contributed by atoms with Crippen LogP contribution in [0.3, 0.4) is 0 Å². The van der Waals surface area contributed by atoms with Crippen LogP contribution in [-0.2, 0) is 6.42 Å². The lowest BCUT2D eigenvalue weighted by Crippen LogP contribution is -1.77. The van der Waals surface area contributed by atoms with E-state index in [9.17, 15) is 0 Å². The van der Waals surface area contributed by atoms with Crippen LogP contribution in [0.4, 0.5) is 0 Å². The van der Waals surface area contributed by atoms with Crippen LogP contribution in [0, 0.1) is 0 Å². The molecule has 0 radical (unpaired) electrons. The molecule has 0 aromatic heterocycles. The summed E-state index contributed by atoms with van der Waals surface area (Å²) in [5, 5.41) is 0.785. The van der Waals surface area contributed by atoms with Crippen molar-refractivity contribution >= 4 is 11.6 Å². The molecule has 0 bridgehead atoms. The van der Waals surface area contributed by atoms with Crippen molar-refractivity contribution in [2.45, 2.75) is 6.42 Å². The van der Waals surface area contributed by atoms with Gasteiger partial charge >= 0.3 is 0 Å². The smallest absolute Gasteiger partial charge is 0.0406 e. The maximum absolute atomic E-state index is 5.69. The second kappa shape index (κ2) is 3.43. The minimum Gasteiger partial charge on any atom is -0.103 e. The molecule has 0 spiro atoms. The minimum absolute atomic E-state index is 0.785. The van der Waals surface area contributed by atoms with Gasteiger partial charge in [-0.25, -0.2) is 0 Å². The molecule has 0 unspecified atom stereocenters. The van der Waals surface area contributed by atoms with Crippen LogP contribution < -0.4 is 0 Å². The van der Waals surface area contributed by atoms with Gasteiger partial charge in [0.1, 0.15) is 0 Å². The first-order chi connectivity index (χ1) is 4.83. The first-order valence-electron chi connectivity index (χ1n) is 3.18. The molecule has 1 rings (SSSR count). The van der Waals surface area contributed by atoms with Crippen LogP contribution in [0.15, 0.2) is 36.9 Å². The van der Waals surface area contributed by atoms with Gasteiger partial charge in [-0.15, -0.1) is 6.58 Å². The number of halogens is 1. The van der Waals surface area contributed by atoms with E-state index in [1.807, 2.05) is 30.3 Å². The predicted molar refractivity (Wildman–Crippen MR) is 45.4 cm³/mol. The third-order valence-electron chi connectivity index (χ3n) is 1.29. The minimum atomic E-state index is 0.785. The Hall–Kier alpha value is -0.750. The highest BCUT2D eigenvalue weighted by Gasteiger charge is 1.87. The molecule has 1 aromatic carbocycles. The van der Waals surface area contributed by atoms with Crippen molar-refractivity contribution in [1.82, 2.24) is 0 Å². The van der Waals surface area contributed by atoms with Gasteiger partial charge in [-0.3, -0.25) is 0 Å². The van der Waals surface area contributed by atoms with Crippen LogP contribution in [0.1, 0.15) is 5.56 Å². The molecule has 0 N–H and O–H groups in total. The number of allylic oxidation sites excluding steroid dienone is 1. The summed E-state index contributed by atoms with van der Waals surface area (Å²) in [6.45, 7) is 3.65. The topological polar surface area (TPSA) is 0 Å². The van der Waals surface area contributed by atoms with E-state index < -0.39 is 0 Å². The van der Waals surface area contributed by atoms with Gasteiger partial charge in [0.15, 0.2) is 0 Å². The molecule has 0 amide bonds. The van der Waals surface area contributed by atoms with Crippen molar-refractivity contribution in [3.8, 4) is 0 Å². The van der Waals surface area contributed by atoms with Gasteiger partial charge in [-0.2, -0.15) is 0 Å². The number of rotatable bonds is 2. The number of hydrogen-bond acceptors (Lipinski definition) is 0. The Bertz CT molecular complexity index is 211. The normalized spacial score (nSPS) is 9.30. The molecule has 0 nitrogen and oxygen atoms in total. The Kier molecular flexibility index (Phi) is 2.52. The highest BCUT2D eigenvalue weighted by molar-refractivity contribution is 6.30. The lowest BCUT2D eigenvalue weighted by molar-refractivity contribution is 1.28. The fraction of sp³-hybridized carbons (Fsp3) is 0.111. The van der Waals surface area contributed by atoms with Crippen molar-refractivity contribution < 1.29 is 0 Å². The SMILES string of the molecule is C=CCc1ccc(Cl)cc1. The average Bonchev–Trinajstić information content (AvgIpc) is 1.95. The van der Waals surface area contributed by atoms with Crippen molar-refractivity contribution in [3.63, 3.8) is 0 Å². The van der Waals surface area contributed by atoms with Crippen molar-refractivity contribution in [1.29, 1.82) is 0 Å². The monoisotopic (exact) mass is 152 g/mol. The van der Waals surface area contributed by atoms with Crippen LogP contribution in [0.5, 0.6) is 0 Å². The van der Waals surface area contributed by atoms with Gasteiger partial charge < -0.3 is 0 Å². The maximum atomic E-state index is 5.69. The standard InChI is InChI=1S/C9H9Cl/c1-2-3-8-4-6-9(10)7-5-8/h2,4-7H,1,3H2. The third kappa shape index (κ3) is 1.89. The van der Waals surface area contributed by atoms with E-state index in [1.54, 1.807) is 0 Å². The molecule has 0 fully saturated rings. The van der Waals surface area contributed by atoms with Crippen LogP contribution >= 0.6 is 11.6 Å². The first-order valence-corrected chi connectivity index (χ1v) is 3.56. The maximum Gasteiger partial charge on any atom is 0.0406 e. The van der Waals surface area contributed by atoms with Crippen LogP contribution in [-0.4, -0.2) is 0 Å². The first kappa shape index (κ1) is 7.36. The zero-order chi connectivity index (χ0) is 7.40. The Morgan fingerprint density at radius 3 is 2.40 bits per heavy atom. The van der Waals surface area contributed by atoms with Gasteiger partial charge in [-0.1, -0.05) is 29.8 Å². The van der Waals surface area contributed by atoms with E-state index in [4.69, 9.17) is 11.6 Å². The zero-order valence-corrected chi connectivity index (χ0v) is 6.43. The molecule has 0 aliphatic carbocycles. The summed E-state index contributed by atoms with van der Waals surface area (Å²) in [6, 6.07) is 7.79. The van der Waals surface area contributed by atoms with Crippen molar-refractivity contribution in [3.05, 3.63) is 47.5 Å². The molecule has 0 atom stereocenters. The van der Waals surface area contributed by atoms with E-state index in [1.165, 1.54) is 5.56 Å². The highest BCUT2D eigenvalue weighted by Crippen LogP contribution is 2.09. The third-order valence-corrected chi connectivity index (χ3v) is 1.55. The fourth-order valence-corrected chi connectivity index (χ4v) is 0.913. The Labute approximate surface area is 66.1 Å². The quantitative estimate of drug-likeness (QED) is 0.572. The second-order valence-corrected chi connectivity index (χ2v) is 2.56. The molecular weight excluding hydrogens is 144 g/mol. The molecule has 0 saturated heterocycles. The summed E-state index contributed by atoms with van der Waals surface area (Å²) in [5.41, 5.74) is 1.25. The Morgan fingerprint density at radius 1 is 1.30 bits per heavy atom. The van der Waals surface area contributed by atoms with Crippen LogP contribution in [0.2, 0.25) is 5.02 Å². The molecule has 1 heteroatoms. The summed E-state index contributed by atoms with van der Waals surface area (Å²) >= 11 is 5.69. The molecule has 1 aromatic rings. The lowest BCUT2D eigenvalue weighted by Gasteiger charge is -1.94.